The quantitative estimate of drug-likeness (QED) is 0.579. The van der Waals surface area contributed by atoms with Crippen LogP contribution in [0, 0.1) is 0 Å². The van der Waals surface area contributed by atoms with E-state index in [1.165, 1.54) is 35.6 Å². The number of nitrogens with one attached hydrogen (secondary N) is 2. The maximum absolute atomic E-state index is 13.0. The fraction of sp³-hybridized carbons (Fsp3) is 0.429. The van der Waals surface area contributed by atoms with E-state index in [0.717, 1.165) is 49.0 Å². The normalized spacial score (nSPS) is 18.4. The summed E-state index contributed by atoms with van der Waals surface area (Å²) in [6, 6.07) is 4.98. The number of carboxylic acid groups (broad SMARTS) is 1. The standard InChI is InChI=1S/C21H24N2O6S2/c24-19(22-12-14-4-3-11-29-14)18-16-5-1-2-6-17(16)30-20(18)23-31(27,28)15-9-7-13(8-10-15)21(25)26/h7-10,14,23H,1-6,11-12H2,(H,22,24)(H,25,26)/t14-/m0/s1. The number of benzene rings is 1. The summed E-state index contributed by atoms with van der Waals surface area (Å²) in [6.07, 6.45) is 5.39. The van der Waals surface area contributed by atoms with Gasteiger partial charge in [-0.2, -0.15) is 0 Å². The van der Waals surface area contributed by atoms with Crippen molar-refractivity contribution >= 4 is 38.2 Å². The number of hydrogen-bond acceptors (Lipinski definition) is 6. The number of carbonyl (C=O) groups is 2. The number of aryl methyl sites for hydroxylation is 1. The summed E-state index contributed by atoms with van der Waals surface area (Å²) in [7, 11) is -3.98. The Hall–Kier alpha value is -2.43. The molecule has 10 heteroatoms. The third-order valence-electron chi connectivity index (χ3n) is 5.55. The molecule has 1 aromatic carbocycles. The summed E-state index contributed by atoms with van der Waals surface area (Å²) in [5.41, 5.74) is 1.31. The molecule has 31 heavy (non-hydrogen) atoms. The summed E-state index contributed by atoms with van der Waals surface area (Å²) < 4.78 is 34.0. The first-order valence-corrected chi connectivity index (χ1v) is 12.6. The largest absolute Gasteiger partial charge is 0.478 e. The first-order chi connectivity index (χ1) is 14.8. The molecule has 166 valence electrons. The van der Waals surface area contributed by atoms with Crippen LogP contribution in [0.5, 0.6) is 0 Å². The summed E-state index contributed by atoms with van der Waals surface area (Å²) >= 11 is 1.30. The van der Waals surface area contributed by atoms with Crippen LogP contribution in [0.2, 0.25) is 0 Å². The van der Waals surface area contributed by atoms with Gasteiger partial charge >= 0.3 is 5.97 Å². The predicted molar refractivity (Wildman–Crippen MR) is 116 cm³/mol. The Kier molecular flexibility index (Phi) is 6.31. The Morgan fingerprint density at radius 3 is 2.55 bits per heavy atom. The van der Waals surface area contributed by atoms with Crippen LogP contribution in [0.1, 0.15) is 56.8 Å². The minimum atomic E-state index is -3.98. The minimum Gasteiger partial charge on any atom is -0.478 e. The van der Waals surface area contributed by atoms with Gasteiger partial charge in [0.1, 0.15) is 5.00 Å². The number of hydrogen-bond donors (Lipinski definition) is 3. The molecule has 1 aliphatic heterocycles. The molecule has 1 aliphatic carbocycles. The van der Waals surface area contributed by atoms with Crippen LogP contribution >= 0.6 is 11.3 Å². The summed E-state index contributed by atoms with van der Waals surface area (Å²) in [5.74, 6) is -1.43. The second-order valence-electron chi connectivity index (χ2n) is 7.70. The van der Waals surface area contributed by atoms with Gasteiger partial charge in [0, 0.05) is 18.0 Å². The zero-order valence-corrected chi connectivity index (χ0v) is 18.5. The van der Waals surface area contributed by atoms with Gasteiger partial charge < -0.3 is 15.2 Å². The lowest BCUT2D eigenvalue weighted by Gasteiger charge is -2.15. The van der Waals surface area contributed by atoms with Gasteiger partial charge in [0.15, 0.2) is 0 Å². The van der Waals surface area contributed by atoms with E-state index in [-0.39, 0.29) is 22.5 Å². The topological polar surface area (TPSA) is 122 Å². The molecule has 2 heterocycles. The van der Waals surface area contributed by atoms with Crippen molar-refractivity contribution in [3.05, 3.63) is 45.8 Å². The van der Waals surface area contributed by atoms with Crippen molar-refractivity contribution in [1.29, 1.82) is 0 Å². The molecular weight excluding hydrogens is 440 g/mol. The number of carbonyl (C=O) groups excluding carboxylic acids is 1. The van der Waals surface area contributed by atoms with Crippen LogP contribution in [0.3, 0.4) is 0 Å². The van der Waals surface area contributed by atoms with E-state index in [4.69, 9.17) is 9.84 Å². The molecule has 1 saturated heterocycles. The first kappa shape index (κ1) is 21.8. The van der Waals surface area contributed by atoms with Crippen LogP contribution in [0.4, 0.5) is 5.00 Å². The molecule has 0 spiro atoms. The molecule has 4 rings (SSSR count). The monoisotopic (exact) mass is 464 g/mol. The van der Waals surface area contributed by atoms with E-state index in [1.807, 2.05) is 0 Å². The van der Waals surface area contributed by atoms with Crippen LogP contribution in [0.25, 0.3) is 0 Å². The number of aromatic carboxylic acids is 1. The van der Waals surface area contributed by atoms with E-state index >= 15 is 0 Å². The maximum atomic E-state index is 13.0. The van der Waals surface area contributed by atoms with Gasteiger partial charge in [-0.15, -0.1) is 11.3 Å². The summed E-state index contributed by atoms with van der Waals surface area (Å²) in [4.78, 5) is 25.0. The fourth-order valence-corrected chi connectivity index (χ4v) is 6.53. The Labute approximate surface area is 184 Å². The number of fused-ring (bicyclic) bond motifs is 1. The smallest absolute Gasteiger partial charge is 0.335 e. The predicted octanol–water partition coefficient (Wildman–Crippen LogP) is 3.03. The number of thiophene rings is 1. The highest BCUT2D eigenvalue weighted by molar-refractivity contribution is 7.93. The first-order valence-electron chi connectivity index (χ1n) is 10.3. The van der Waals surface area contributed by atoms with Gasteiger partial charge in [0.05, 0.1) is 22.1 Å². The summed E-state index contributed by atoms with van der Waals surface area (Å²) in [6.45, 7) is 1.09. The lowest BCUT2D eigenvalue weighted by Crippen LogP contribution is -2.32. The van der Waals surface area contributed by atoms with E-state index in [0.29, 0.717) is 23.7 Å². The van der Waals surface area contributed by atoms with Crippen molar-refractivity contribution in [1.82, 2.24) is 5.32 Å². The Balaban J connectivity index is 1.60. The zero-order valence-electron chi connectivity index (χ0n) is 16.8. The van der Waals surface area contributed by atoms with Crippen molar-refractivity contribution in [2.75, 3.05) is 17.9 Å². The minimum absolute atomic E-state index is 0.000244. The SMILES string of the molecule is O=C(O)c1ccc(S(=O)(=O)Nc2sc3c(c2C(=O)NC[C@@H]2CCCO2)CCCC3)cc1. The van der Waals surface area contributed by atoms with Gasteiger partial charge in [0.2, 0.25) is 0 Å². The Bertz CT molecular complexity index is 1090. The van der Waals surface area contributed by atoms with E-state index < -0.39 is 16.0 Å². The fourth-order valence-electron chi connectivity index (χ4n) is 3.94. The van der Waals surface area contributed by atoms with Gasteiger partial charge in [-0.3, -0.25) is 9.52 Å². The molecule has 2 aromatic rings. The second kappa shape index (κ2) is 8.97. The van der Waals surface area contributed by atoms with Crippen LogP contribution in [0.15, 0.2) is 29.2 Å². The Morgan fingerprint density at radius 2 is 1.87 bits per heavy atom. The number of rotatable bonds is 7. The third kappa shape index (κ3) is 4.76. The van der Waals surface area contributed by atoms with Crippen LogP contribution in [-0.4, -0.2) is 44.7 Å². The molecule has 0 saturated carbocycles. The highest BCUT2D eigenvalue weighted by Crippen LogP contribution is 2.39. The highest BCUT2D eigenvalue weighted by atomic mass is 32.2. The number of amides is 1. The van der Waals surface area contributed by atoms with Gasteiger partial charge in [-0.1, -0.05) is 0 Å². The van der Waals surface area contributed by atoms with Crippen molar-refractivity contribution in [2.24, 2.45) is 0 Å². The van der Waals surface area contributed by atoms with Crippen molar-refractivity contribution in [3.63, 3.8) is 0 Å². The van der Waals surface area contributed by atoms with E-state index in [9.17, 15) is 18.0 Å². The molecule has 8 nitrogen and oxygen atoms in total. The number of anilines is 1. The molecule has 0 bridgehead atoms. The molecule has 1 amide bonds. The average Bonchev–Trinajstić information content (AvgIpc) is 3.39. The third-order valence-corrected chi connectivity index (χ3v) is 8.25. The van der Waals surface area contributed by atoms with Crippen LogP contribution in [-0.2, 0) is 27.6 Å². The van der Waals surface area contributed by atoms with Crippen molar-refractivity contribution in [3.8, 4) is 0 Å². The molecule has 1 atom stereocenters. The molecule has 1 aromatic heterocycles. The number of carboxylic acids is 1. The second-order valence-corrected chi connectivity index (χ2v) is 10.5. The van der Waals surface area contributed by atoms with Crippen LogP contribution < -0.4 is 10.0 Å². The number of ether oxygens (including phenoxy) is 1. The average molecular weight is 465 g/mol. The lowest BCUT2D eigenvalue weighted by molar-refractivity contribution is 0.0696. The highest BCUT2D eigenvalue weighted by Gasteiger charge is 2.29. The molecule has 0 radical (unpaired) electrons. The molecule has 3 N–H and O–H groups in total. The van der Waals surface area contributed by atoms with Crippen molar-refractivity contribution in [2.45, 2.75) is 49.5 Å². The molecule has 2 aliphatic rings. The Morgan fingerprint density at radius 1 is 1.13 bits per heavy atom. The maximum Gasteiger partial charge on any atom is 0.335 e. The summed E-state index contributed by atoms with van der Waals surface area (Å²) in [5, 5.41) is 12.2. The molecular formula is C21H24N2O6S2. The van der Waals surface area contributed by atoms with Gasteiger partial charge in [-0.25, -0.2) is 13.2 Å². The van der Waals surface area contributed by atoms with E-state index in [2.05, 4.69) is 10.0 Å². The van der Waals surface area contributed by atoms with Crippen molar-refractivity contribution < 1.29 is 27.9 Å². The zero-order chi connectivity index (χ0) is 22.0. The number of sulfonamides is 1. The molecule has 0 unspecified atom stereocenters. The van der Waals surface area contributed by atoms with Gasteiger partial charge in [-0.05, 0) is 68.4 Å². The van der Waals surface area contributed by atoms with E-state index in [1.54, 1.807) is 0 Å². The molecule has 1 fully saturated rings. The lowest BCUT2D eigenvalue weighted by atomic mass is 9.95. The van der Waals surface area contributed by atoms with Gasteiger partial charge in [0.25, 0.3) is 15.9 Å².